The number of unbranched alkanes of at least 4 members (excludes halogenated alkanes) is 1. The van der Waals surface area contributed by atoms with Crippen molar-refractivity contribution in [3.63, 3.8) is 0 Å². The lowest BCUT2D eigenvalue weighted by Gasteiger charge is -2.16. The van der Waals surface area contributed by atoms with E-state index in [4.69, 9.17) is 28.4 Å². The minimum absolute atomic E-state index is 0.198. The largest absolute Gasteiger partial charge is 0.497 e. The van der Waals surface area contributed by atoms with E-state index in [1.807, 2.05) is 0 Å². The predicted octanol–water partition coefficient (Wildman–Crippen LogP) is 5.37. The molecule has 220 valence electrons. The highest BCUT2D eigenvalue weighted by molar-refractivity contribution is 5.91. The van der Waals surface area contributed by atoms with Crippen LogP contribution in [0.4, 0.5) is 4.39 Å². The van der Waals surface area contributed by atoms with Gasteiger partial charge in [0, 0.05) is 30.9 Å². The van der Waals surface area contributed by atoms with Crippen LogP contribution in [0.3, 0.4) is 0 Å². The Morgan fingerprint density at radius 2 is 1.55 bits per heavy atom. The first kappa shape index (κ1) is 31.9. The summed E-state index contributed by atoms with van der Waals surface area (Å²) in [6, 6.07) is 17.6. The highest BCUT2D eigenvalue weighted by Crippen LogP contribution is 2.21. The average Bonchev–Trinajstić information content (AvgIpc) is 3.02. The zero-order chi connectivity index (χ0) is 30.2. The van der Waals surface area contributed by atoms with Gasteiger partial charge in [-0.1, -0.05) is 18.4 Å². The van der Waals surface area contributed by atoms with Crippen LogP contribution < -0.4 is 14.2 Å². The molecule has 8 nitrogen and oxygen atoms in total. The molecule has 0 fully saturated rings. The summed E-state index contributed by atoms with van der Waals surface area (Å²) < 4.78 is 46.6. The molecule has 3 aromatic rings. The molecular weight excluding hydrogens is 543 g/mol. The highest BCUT2D eigenvalue weighted by Gasteiger charge is 2.14. The molecule has 9 heteroatoms. The van der Waals surface area contributed by atoms with E-state index < -0.39 is 17.8 Å². The normalized spacial score (nSPS) is 11.0. The van der Waals surface area contributed by atoms with Gasteiger partial charge in [0.1, 0.15) is 24.2 Å². The summed E-state index contributed by atoms with van der Waals surface area (Å²) in [6.07, 6.45) is 2.23. The summed E-state index contributed by atoms with van der Waals surface area (Å²) in [5, 5.41) is 0. The molecule has 0 aliphatic carbocycles. The quantitative estimate of drug-likeness (QED) is 0.0784. The molecule has 1 unspecified atom stereocenters. The van der Waals surface area contributed by atoms with Gasteiger partial charge in [-0.2, -0.15) is 0 Å². The molecule has 0 heterocycles. The molecule has 0 bridgehead atoms. The maximum absolute atomic E-state index is 14.6. The van der Waals surface area contributed by atoms with E-state index >= 15 is 0 Å². The summed E-state index contributed by atoms with van der Waals surface area (Å²) in [4.78, 5) is 23.6. The first-order valence-corrected chi connectivity index (χ1v) is 13.2. The number of methoxy groups -OCH3 is 2. The Labute approximate surface area is 244 Å². The number of ether oxygens (including phenoxy) is 6. The van der Waals surface area contributed by atoms with Crippen LogP contribution in [0.1, 0.15) is 34.3 Å². The highest BCUT2D eigenvalue weighted by atomic mass is 19.1. The monoisotopic (exact) mass is 576 g/mol. The smallest absolute Gasteiger partial charge is 0.343 e. The van der Waals surface area contributed by atoms with Gasteiger partial charge in [-0.05, 0) is 79.6 Å². The van der Waals surface area contributed by atoms with E-state index in [1.54, 1.807) is 56.7 Å². The maximum atomic E-state index is 14.6. The van der Waals surface area contributed by atoms with Gasteiger partial charge in [0.25, 0.3) is 0 Å². The Kier molecular flexibility index (Phi) is 13.1. The molecule has 0 amide bonds. The predicted molar refractivity (Wildman–Crippen MR) is 154 cm³/mol. The van der Waals surface area contributed by atoms with Crippen molar-refractivity contribution in [2.75, 3.05) is 40.6 Å². The molecule has 42 heavy (non-hydrogen) atoms. The van der Waals surface area contributed by atoms with Crippen LogP contribution in [0.2, 0.25) is 0 Å². The van der Waals surface area contributed by atoms with E-state index in [0.29, 0.717) is 37.6 Å². The van der Waals surface area contributed by atoms with Gasteiger partial charge in [0.2, 0.25) is 0 Å². The van der Waals surface area contributed by atoms with Gasteiger partial charge in [-0.3, -0.25) is 0 Å². The minimum atomic E-state index is -0.708. The number of hydrogen-bond donors (Lipinski definition) is 0. The van der Waals surface area contributed by atoms with Crippen molar-refractivity contribution in [2.45, 2.75) is 18.9 Å². The van der Waals surface area contributed by atoms with Gasteiger partial charge in [-0.15, -0.1) is 0 Å². The van der Waals surface area contributed by atoms with Crippen LogP contribution in [0.15, 0.2) is 79.4 Å². The molecule has 0 aliphatic rings. The molecule has 0 radical (unpaired) electrons. The molecule has 0 spiro atoms. The molecule has 0 aromatic heterocycles. The summed E-state index contributed by atoms with van der Waals surface area (Å²) in [5.74, 6) is 5.03. The fraction of sp³-hybridized carbons (Fsp3) is 0.273. The second-order valence-corrected chi connectivity index (χ2v) is 8.86. The number of carbonyl (C=O) groups is 2. The zero-order valence-electron chi connectivity index (χ0n) is 23.6. The molecule has 0 saturated heterocycles. The number of hydrogen-bond acceptors (Lipinski definition) is 8. The molecule has 0 saturated carbocycles. The number of rotatable bonds is 15. The third-order valence-electron chi connectivity index (χ3n) is 5.83. The fourth-order valence-corrected chi connectivity index (χ4v) is 3.45. The van der Waals surface area contributed by atoms with Crippen molar-refractivity contribution in [3.8, 4) is 29.1 Å². The third kappa shape index (κ3) is 10.7. The Bertz CT molecular complexity index is 1370. The van der Waals surface area contributed by atoms with E-state index in [2.05, 4.69) is 18.4 Å². The van der Waals surface area contributed by atoms with Crippen molar-refractivity contribution in [2.24, 2.45) is 0 Å². The summed E-state index contributed by atoms with van der Waals surface area (Å²) in [5.41, 5.74) is 1.43. The number of benzene rings is 3. The standard InChI is InChI=1S/C33H33FO8/c1-4-32(35)40-20-6-5-19-39-22-29(38-3)23-41-28-16-12-26(13-17-28)33(36)42-31-18-11-25(21-30(31)34)8-7-24-9-14-27(37-2)15-10-24/h4,9-18,21,29H,1,5-6,19-20,22-23H2,2-3H3. The summed E-state index contributed by atoms with van der Waals surface area (Å²) in [6.45, 7) is 4.70. The molecule has 1 atom stereocenters. The SMILES string of the molecule is C=CC(=O)OCCCCOCC(COc1ccc(C(=O)Oc2ccc(C#Cc3ccc(OC)cc3)cc2F)cc1)OC. The molecule has 3 rings (SSSR count). The van der Waals surface area contributed by atoms with Gasteiger partial charge >= 0.3 is 11.9 Å². The van der Waals surface area contributed by atoms with Crippen molar-refractivity contribution in [1.29, 1.82) is 0 Å². The Hall–Kier alpha value is -4.65. The summed E-state index contributed by atoms with van der Waals surface area (Å²) >= 11 is 0. The van der Waals surface area contributed by atoms with Crippen LogP contribution in [0.25, 0.3) is 0 Å². The van der Waals surface area contributed by atoms with Gasteiger partial charge in [0.15, 0.2) is 11.6 Å². The second-order valence-electron chi connectivity index (χ2n) is 8.86. The number of esters is 2. The van der Waals surface area contributed by atoms with E-state index in [1.165, 1.54) is 24.3 Å². The first-order chi connectivity index (χ1) is 20.4. The van der Waals surface area contributed by atoms with Gasteiger partial charge < -0.3 is 28.4 Å². The molecule has 3 aromatic carbocycles. The van der Waals surface area contributed by atoms with Crippen LogP contribution >= 0.6 is 0 Å². The Balaban J connectivity index is 1.43. The molecule has 0 aliphatic heterocycles. The number of halogens is 1. The van der Waals surface area contributed by atoms with Gasteiger partial charge in [-0.25, -0.2) is 14.0 Å². The summed E-state index contributed by atoms with van der Waals surface area (Å²) in [7, 11) is 3.14. The topological polar surface area (TPSA) is 89.5 Å². The molecule has 0 N–H and O–H groups in total. The van der Waals surface area contributed by atoms with Crippen molar-refractivity contribution in [3.05, 3.63) is 102 Å². The van der Waals surface area contributed by atoms with Crippen LogP contribution in [0, 0.1) is 17.7 Å². The van der Waals surface area contributed by atoms with Gasteiger partial charge in [0.05, 0.1) is 25.9 Å². The van der Waals surface area contributed by atoms with Crippen molar-refractivity contribution < 1.29 is 42.4 Å². The van der Waals surface area contributed by atoms with Crippen LogP contribution in [-0.4, -0.2) is 58.7 Å². The fourth-order valence-electron chi connectivity index (χ4n) is 3.45. The van der Waals surface area contributed by atoms with E-state index in [9.17, 15) is 14.0 Å². The lowest BCUT2D eigenvalue weighted by atomic mass is 10.1. The van der Waals surface area contributed by atoms with E-state index in [-0.39, 0.29) is 24.0 Å². The Morgan fingerprint density at radius 1 is 0.881 bits per heavy atom. The zero-order valence-corrected chi connectivity index (χ0v) is 23.6. The Morgan fingerprint density at radius 3 is 2.21 bits per heavy atom. The third-order valence-corrected chi connectivity index (χ3v) is 5.83. The van der Waals surface area contributed by atoms with Crippen LogP contribution in [-0.2, 0) is 19.0 Å². The lowest BCUT2D eigenvalue weighted by molar-refractivity contribution is -0.137. The maximum Gasteiger partial charge on any atom is 0.343 e. The minimum Gasteiger partial charge on any atom is -0.497 e. The molecular formula is C33H33FO8. The van der Waals surface area contributed by atoms with E-state index in [0.717, 1.165) is 23.8 Å². The lowest BCUT2D eigenvalue weighted by Crippen LogP contribution is -2.26. The second kappa shape index (κ2) is 17.2. The average molecular weight is 577 g/mol. The number of carbonyl (C=O) groups excluding carboxylic acids is 2. The van der Waals surface area contributed by atoms with Crippen LogP contribution in [0.5, 0.6) is 17.2 Å². The van der Waals surface area contributed by atoms with Crippen molar-refractivity contribution in [1.82, 2.24) is 0 Å². The van der Waals surface area contributed by atoms with Crippen molar-refractivity contribution >= 4 is 11.9 Å². The first-order valence-electron chi connectivity index (χ1n) is 13.2.